The molecule has 3 aromatic rings. The average molecular weight is 577 g/mol. The third-order valence-electron chi connectivity index (χ3n) is 6.11. The molecule has 0 aliphatic heterocycles. The van der Waals surface area contributed by atoms with Gasteiger partial charge in [-0.2, -0.15) is 0 Å². The van der Waals surface area contributed by atoms with Gasteiger partial charge >= 0.3 is 0 Å². The van der Waals surface area contributed by atoms with Crippen LogP contribution in [0, 0.1) is 0 Å². The lowest BCUT2D eigenvalue weighted by molar-refractivity contribution is -0.139. The Morgan fingerprint density at radius 2 is 1.45 bits per heavy atom. The summed E-state index contributed by atoms with van der Waals surface area (Å²) in [6.45, 7) is 5.01. The molecule has 0 radical (unpaired) electrons. The number of hydrogen-bond donors (Lipinski definition) is 1. The largest absolute Gasteiger partial charge is 0.352 e. The van der Waals surface area contributed by atoms with E-state index in [1.807, 2.05) is 44.2 Å². The Hall–Kier alpha value is -3.07. The van der Waals surface area contributed by atoms with E-state index in [0.29, 0.717) is 0 Å². The number of hydrogen-bond acceptors (Lipinski definition) is 4. The Bertz CT molecular complexity index is 1330. The summed E-state index contributed by atoms with van der Waals surface area (Å²) >= 11 is 12.4. The normalized spacial score (nSPS) is 12.9. The number of anilines is 1. The molecule has 2 atom stereocenters. The molecule has 10 heteroatoms. The van der Waals surface area contributed by atoms with E-state index in [1.54, 1.807) is 25.1 Å². The van der Waals surface area contributed by atoms with Crippen molar-refractivity contribution in [2.24, 2.45) is 0 Å². The van der Waals surface area contributed by atoms with Crippen molar-refractivity contribution in [2.45, 2.75) is 50.7 Å². The van der Waals surface area contributed by atoms with Gasteiger partial charge in [-0.1, -0.05) is 78.7 Å². The van der Waals surface area contributed by atoms with E-state index in [4.69, 9.17) is 23.2 Å². The highest BCUT2D eigenvalue weighted by Gasteiger charge is 2.33. The lowest BCUT2D eigenvalue weighted by Gasteiger charge is -2.32. The summed E-state index contributed by atoms with van der Waals surface area (Å²) in [5, 5.41) is 3.34. The highest BCUT2D eigenvalue weighted by Crippen LogP contribution is 2.30. The highest BCUT2D eigenvalue weighted by atomic mass is 35.5. The van der Waals surface area contributed by atoms with E-state index in [1.165, 1.54) is 35.2 Å². The molecular formula is C28H31Cl2N3O4S. The number of nitrogens with zero attached hydrogens (tertiary/aromatic N) is 2. The number of benzene rings is 3. The average Bonchev–Trinajstić information content (AvgIpc) is 2.90. The fourth-order valence-electron chi connectivity index (χ4n) is 3.76. The Balaban J connectivity index is 2.03. The summed E-state index contributed by atoms with van der Waals surface area (Å²) < 4.78 is 28.5. The summed E-state index contributed by atoms with van der Waals surface area (Å²) in [4.78, 5) is 28.3. The fourth-order valence-corrected chi connectivity index (χ4v) is 5.69. The number of rotatable bonds is 11. The van der Waals surface area contributed by atoms with E-state index in [2.05, 4.69) is 5.32 Å². The van der Waals surface area contributed by atoms with Crippen LogP contribution in [0.5, 0.6) is 0 Å². The van der Waals surface area contributed by atoms with E-state index in [9.17, 15) is 18.0 Å². The minimum atomic E-state index is -4.19. The first-order chi connectivity index (χ1) is 18.0. The smallest absolute Gasteiger partial charge is 0.264 e. The first-order valence-corrected chi connectivity index (χ1v) is 14.4. The Kier molecular flexibility index (Phi) is 10.2. The second-order valence-corrected chi connectivity index (χ2v) is 11.7. The zero-order valence-electron chi connectivity index (χ0n) is 21.5. The molecule has 3 rings (SSSR count). The molecule has 0 aliphatic rings. The minimum Gasteiger partial charge on any atom is -0.352 e. The maximum atomic E-state index is 13.9. The fraction of sp³-hybridized carbons (Fsp3) is 0.286. The van der Waals surface area contributed by atoms with Crippen LogP contribution in [0.4, 0.5) is 5.69 Å². The van der Waals surface area contributed by atoms with Crippen molar-refractivity contribution in [2.75, 3.05) is 10.8 Å². The Morgan fingerprint density at radius 3 is 2.00 bits per heavy atom. The van der Waals surface area contributed by atoms with Gasteiger partial charge in [-0.05, 0) is 56.2 Å². The molecule has 0 spiro atoms. The molecule has 0 fully saturated rings. The molecule has 0 bridgehead atoms. The number of halogens is 2. The topological polar surface area (TPSA) is 86.8 Å². The third-order valence-corrected chi connectivity index (χ3v) is 8.33. The predicted molar refractivity (Wildman–Crippen MR) is 152 cm³/mol. The number of sulfonamides is 1. The van der Waals surface area contributed by atoms with E-state index < -0.39 is 28.5 Å². The molecule has 0 saturated heterocycles. The summed E-state index contributed by atoms with van der Waals surface area (Å²) in [6, 6.07) is 20.4. The zero-order chi connectivity index (χ0) is 27.9. The standard InChI is InChI=1S/C28H31Cl2N3O4S/c1-4-20(2)31-28(35)21(3)32(18-22-11-7-5-8-12-22)27(34)19-33(25-16-23(29)15-24(30)17-25)38(36,37)26-13-9-6-10-14-26/h5-17,20-21H,4,18-19H2,1-3H3,(H,31,35)/t20-,21+/m1/s1. The van der Waals surface area contributed by atoms with Gasteiger partial charge < -0.3 is 10.2 Å². The van der Waals surface area contributed by atoms with Gasteiger partial charge in [0, 0.05) is 22.6 Å². The summed E-state index contributed by atoms with van der Waals surface area (Å²) in [5.74, 6) is -0.886. The van der Waals surface area contributed by atoms with Gasteiger partial charge in [0.2, 0.25) is 11.8 Å². The second kappa shape index (κ2) is 13.1. The van der Waals surface area contributed by atoms with Crippen molar-refractivity contribution < 1.29 is 18.0 Å². The van der Waals surface area contributed by atoms with Crippen molar-refractivity contribution in [1.29, 1.82) is 0 Å². The molecule has 2 amide bonds. The molecule has 0 heterocycles. The molecule has 38 heavy (non-hydrogen) atoms. The second-order valence-electron chi connectivity index (χ2n) is 8.95. The van der Waals surface area contributed by atoms with Crippen molar-refractivity contribution in [1.82, 2.24) is 10.2 Å². The molecule has 0 saturated carbocycles. The van der Waals surface area contributed by atoms with Crippen molar-refractivity contribution in [3.8, 4) is 0 Å². The Morgan fingerprint density at radius 1 is 0.895 bits per heavy atom. The SMILES string of the molecule is CC[C@@H](C)NC(=O)[C@H](C)N(Cc1ccccc1)C(=O)CN(c1cc(Cl)cc(Cl)c1)S(=O)(=O)c1ccccc1. The monoisotopic (exact) mass is 575 g/mol. The minimum absolute atomic E-state index is 0.000990. The van der Waals surface area contributed by atoms with Crippen LogP contribution in [0.15, 0.2) is 83.8 Å². The molecule has 0 aromatic heterocycles. The van der Waals surface area contributed by atoms with Crippen molar-refractivity contribution >= 4 is 50.7 Å². The van der Waals surface area contributed by atoms with Crippen LogP contribution in [0.25, 0.3) is 0 Å². The molecule has 7 nitrogen and oxygen atoms in total. The zero-order valence-corrected chi connectivity index (χ0v) is 23.8. The summed E-state index contributed by atoms with van der Waals surface area (Å²) in [6.07, 6.45) is 0.726. The van der Waals surface area contributed by atoms with Gasteiger partial charge in [-0.3, -0.25) is 13.9 Å². The first kappa shape index (κ1) is 29.5. The van der Waals surface area contributed by atoms with Crippen LogP contribution in [-0.4, -0.2) is 43.8 Å². The molecule has 0 unspecified atom stereocenters. The van der Waals surface area contributed by atoms with Crippen LogP contribution >= 0.6 is 23.2 Å². The number of amides is 2. The van der Waals surface area contributed by atoms with Crippen LogP contribution in [-0.2, 0) is 26.2 Å². The van der Waals surface area contributed by atoms with Gasteiger partial charge in [-0.15, -0.1) is 0 Å². The molecule has 0 aliphatic carbocycles. The van der Waals surface area contributed by atoms with E-state index in [-0.39, 0.29) is 39.1 Å². The quantitative estimate of drug-likeness (QED) is 0.326. The van der Waals surface area contributed by atoms with Crippen LogP contribution < -0.4 is 9.62 Å². The third kappa shape index (κ3) is 7.49. The van der Waals surface area contributed by atoms with Gasteiger partial charge in [0.25, 0.3) is 10.0 Å². The number of carbonyl (C=O) groups excluding carboxylic acids is 2. The van der Waals surface area contributed by atoms with Crippen LogP contribution in [0.1, 0.15) is 32.8 Å². The van der Waals surface area contributed by atoms with E-state index in [0.717, 1.165) is 16.3 Å². The molecular weight excluding hydrogens is 545 g/mol. The predicted octanol–water partition coefficient (Wildman–Crippen LogP) is 5.52. The summed E-state index contributed by atoms with van der Waals surface area (Å²) in [5.41, 5.74) is 0.934. The molecule has 3 aromatic carbocycles. The van der Waals surface area contributed by atoms with Crippen LogP contribution in [0.2, 0.25) is 10.0 Å². The van der Waals surface area contributed by atoms with Gasteiger partial charge in [-0.25, -0.2) is 8.42 Å². The number of carbonyl (C=O) groups is 2. The first-order valence-electron chi connectivity index (χ1n) is 12.2. The van der Waals surface area contributed by atoms with Gasteiger partial charge in [0.05, 0.1) is 10.6 Å². The van der Waals surface area contributed by atoms with Crippen LogP contribution in [0.3, 0.4) is 0 Å². The van der Waals surface area contributed by atoms with Crippen molar-refractivity contribution in [3.05, 3.63) is 94.5 Å². The maximum Gasteiger partial charge on any atom is 0.264 e. The lowest BCUT2D eigenvalue weighted by Crippen LogP contribution is -2.52. The van der Waals surface area contributed by atoms with Gasteiger partial charge in [0.15, 0.2) is 0 Å². The van der Waals surface area contributed by atoms with Gasteiger partial charge in [0.1, 0.15) is 12.6 Å². The highest BCUT2D eigenvalue weighted by molar-refractivity contribution is 7.92. The molecule has 202 valence electrons. The van der Waals surface area contributed by atoms with E-state index >= 15 is 0 Å². The number of nitrogens with one attached hydrogen (secondary N) is 1. The Labute approximate surface area is 234 Å². The lowest BCUT2D eigenvalue weighted by atomic mass is 10.1. The molecule has 1 N–H and O–H groups in total. The van der Waals surface area contributed by atoms with Crippen molar-refractivity contribution in [3.63, 3.8) is 0 Å². The maximum absolute atomic E-state index is 13.9. The summed E-state index contributed by atoms with van der Waals surface area (Å²) in [7, 11) is -4.19.